The van der Waals surface area contributed by atoms with Crippen LogP contribution in [0.25, 0.3) is 0 Å². The van der Waals surface area contributed by atoms with Crippen LogP contribution >= 0.6 is 0 Å². The smallest absolute Gasteiger partial charge is 0.0979 e. The lowest BCUT2D eigenvalue weighted by Crippen LogP contribution is -2.33. The zero-order valence-corrected chi connectivity index (χ0v) is 13.1. The fourth-order valence-electron chi connectivity index (χ4n) is 3.33. The van der Waals surface area contributed by atoms with Gasteiger partial charge in [-0.25, -0.2) is 0 Å². The van der Waals surface area contributed by atoms with Crippen LogP contribution < -0.4 is 5.73 Å². The van der Waals surface area contributed by atoms with Gasteiger partial charge in [-0.2, -0.15) is 0 Å². The quantitative estimate of drug-likeness (QED) is 0.866. The van der Waals surface area contributed by atoms with Gasteiger partial charge < -0.3 is 10.5 Å². The van der Waals surface area contributed by atoms with Crippen LogP contribution in [0.3, 0.4) is 0 Å². The molecule has 0 heterocycles. The van der Waals surface area contributed by atoms with Crippen LogP contribution in [0.15, 0.2) is 24.3 Å². The molecule has 1 aromatic carbocycles. The molecule has 0 spiro atoms. The van der Waals surface area contributed by atoms with Crippen molar-refractivity contribution in [3.8, 4) is 0 Å². The molecule has 2 heteroatoms. The zero-order chi connectivity index (χ0) is 14.5. The van der Waals surface area contributed by atoms with E-state index in [9.17, 15) is 0 Å². The normalized spacial score (nSPS) is 26.2. The summed E-state index contributed by atoms with van der Waals surface area (Å²) in [4.78, 5) is 0. The lowest BCUT2D eigenvalue weighted by atomic mass is 9.85. The predicted molar refractivity (Wildman–Crippen MR) is 84.7 cm³/mol. The van der Waals surface area contributed by atoms with Crippen LogP contribution in [-0.4, -0.2) is 12.1 Å². The predicted octanol–water partition coefficient (Wildman–Crippen LogP) is 4.37. The van der Waals surface area contributed by atoms with Crippen molar-refractivity contribution in [2.75, 3.05) is 0 Å². The van der Waals surface area contributed by atoms with E-state index < -0.39 is 0 Å². The molecule has 0 radical (unpaired) electrons. The third kappa shape index (κ3) is 3.83. The maximum Gasteiger partial charge on any atom is 0.0979 e. The highest BCUT2D eigenvalue weighted by atomic mass is 16.5. The van der Waals surface area contributed by atoms with E-state index >= 15 is 0 Å². The van der Waals surface area contributed by atoms with Crippen LogP contribution in [0.4, 0.5) is 0 Å². The summed E-state index contributed by atoms with van der Waals surface area (Å²) < 4.78 is 6.43. The molecule has 1 fully saturated rings. The Labute approximate surface area is 123 Å². The first kappa shape index (κ1) is 15.5. The second-order valence-corrected chi connectivity index (χ2v) is 6.34. The number of aryl methyl sites for hydroxylation is 1. The maximum absolute atomic E-state index is 6.43. The van der Waals surface area contributed by atoms with E-state index in [2.05, 4.69) is 45.0 Å². The van der Waals surface area contributed by atoms with E-state index in [0.29, 0.717) is 6.10 Å². The summed E-state index contributed by atoms with van der Waals surface area (Å²) >= 11 is 0. The molecule has 1 aromatic rings. The van der Waals surface area contributed by atoms with E-state index in [-0.39, 0.29) is 12.1 Å². The summed E-state index contributed by atoms with van der Waals surface area (Å²) in [5.41, 5.74) is 8.72. The van der Waals surface area contributed by atoms with E-state index in [4.69, 9.17) is 10.5 Å². The molecule has 1 aliphatic carbocycles. The maximum atomic E-state index is 6.43. The summed E-state index contributed by atoms with van der Waals surface area (Å²) in [6.07, 6.45) is 6.72. The van der Waals surface area contributed by atoms with Gasteiger partial charge >= 0.3 is 0 Å². The van der Waals surface area contributed by atoms with Crippen LogP contribution in [0, 0.1) is 12.8 Å². The van der Waals surface area contributed by atoms with Gasteiger partial charge in [-0.05, 0) is 43.7 Å². The Kier molecular flexibility index (Phi) is 5.62. The molecule has 0 amide bonds. The molecule has 2 N–H and O–H groups in total. The molecule has 4 atom stereocenters. The second kappa shape index (κ2) is 7.24. The van der Waals surface area contributed by atoms with Crippen molar-refractivity contribution < 1.29 is 4.74 Å². The standard InChI is InChI=1S/C18H29NO/c1-4-15-9-7-10-16(12-15)20-18(14(3)19)17-11-6-5-8-13(17)2/h5-6,8,11,14-16,18H,4,7,9-10,12,19H2,1-3H3. The van der Waals surface area contributed by atoms with Crippen molar-refractivity contribution in [2.45, 2.75) is 71.1 Å². The van der Waals surface area contributed by atoms with Gasteiger partial charge in [-0.1, -0.05) is 50.5 Å². The minimum atomic E-state index is 0.0248. The molecule has 20 heavy (non-hydrogen) atoms. The Morgan fingerprint density at radius 1 is 1.30 bits per heavy atom. The number of ether oxygens (including phenoxy) is 1. The summed E-state index contributed by atoms with van der Waals surface area (Å²) in [6.45, 7) is 6.48. The van der Waals surface area contributed by atoms with Gasteiger partial charge in [0.25, 0.3) is 0 Å². The van der Waals surface area contributed by atoms with Crippen LogP contribution in [0.5, 0.6) is 0 Å². The highest BCUT2D eigenvalue weighted by Crippen LogP contribution is 2.33. The van der Waals surface area contributed by atoms with Gasteiger partial charge in [0, 0.05) is 6.04 Å². The molecule has 0 aliphatic heterocycles. The second-order valence-electron chi connectivity index (χ2n) is 6.34. The van der Waals surface area contributed by atoms with Gasteiger partial charge in [0.15, 0.2) is 0 Å². The molecule has 112 valence electrons. The first-order valence-electron chi connectivity index (χ1n) is 8.08. The van der Waals surface area contributed by atoms with Gasteiger partial charge in [0.1, 0.15) is 0 Å². The highest BCUT2D eigenvalue weighted by molar-refractivity contribution is 5.28. The minimum Gasteiger partial charge on any atom is -0.369 e. The summed E-state index contributed by atoms with van der Waals surface area (Å²) in [5, 5.41) is 0. The highest BCUT2D eigenvalue weighted by Gasteiger charge is 2.27. The van der Waals surface area contributed by atoms with Crippen molar-refractivity contribution in [1.82, 2.24) is 0 Å². The average molecular weight is 275 g/mol. The van der Waals surface area contributed by atoms with E-state index in [1.165, 1.54) is 43.2 Å². The molecule has 2 rings (SSSR count). The van der Waals surface area contributed by atoms with E-state index in [0.717, 1.165) is 5.92 Å². The molecule has 0 saturated heterocycles. The first-order chi connectivity index (χ1) is 9.61. The number of nitrogens with two attached hydrogens (primary N) is 1. The number of benzene rings is 1. The van der Waals surface area contributed by atoms with Gasteiger partial charge in [0.2, 0.25) is 0 Å². The first-order valence-corrected chi connectivity index (χ1v) is 8.08. The van der Waals surface area contributed by atoms with Gasteiger partial charge in [-0.3, -0.25) is 0 Å². The molecule has 1 aliphatic rings. The summed E-state index contributed by atoms with van der Waals surface area (Å²) in [5.74, 6) is 0.833. The topological polar surface area (TPSA) is 35.2 Å². The Hall–Kier alpha value is -0.860. The number of hydrogen-bond acceptors (Lipinski definition) is 2. The molecular weight excluding hydrogens is 246 g/mol. The van der Waals surface area contributed by atoms with E-state index in [1.54, 1.807) is 0 Å². The molecule has 1 saturated carbocycles. The fourth-order valence-corrected chi connectivity index (χ4v) is 3.33. The van der Waals surface area contributed by atoms with Crippen molar-refractivity contribution >= 4 is 0 Å². The lowest BCUT2D eigenvalue weighted by molar-refractivity contribution is -0.0510. The molecule has 0 bridgehead atoms. The third-order valence-electron chi connectivity index (χ3n) is 4.62. The Morgan fingerprint density at radius 2 is 2.05 bits per heavy atom. The Balaban J connectivity index is 2.08. The Morgan fingerprint density at radius 3 is 2.70 bits per heavy atom. The number of hydrogen-bond donors (Lipinski definition) is 1. The average Bonchev–Trinajstić information content (AvgIpc) is 2.45. The summed E-state index contributed by atoms with van der Waals surface area (Å²) in [6, 6.07) is 8.48. The number of rotatable bonds is 5. The monoisotopic (exact) mass is 275 g/mol. The lowest BCUT2D eigenvalue weighted by Gasteiger charge is -2.33. The van der Waals surface area contributed by atoms with E-state index in [1.807, 2.05) is 0 Å². The minimum absolute atomic E-state index is 0.0248. The molecule has 0 aromatic heterocycles. The van der Waals surface area contributed by atoms with Crippen molar-refractivity contribution in [3.63, 3.8) is 0 Å². The van der Waals surface area contributed by atoms with Crippen LogP contribution in [0.2, 0.25) is 0 Å². The molecule has 4 unspecified atom stereocenters. The summed E-state index contributed by atoms with van der Waals surface area (Å²) in [7, 11) is 0. The van der Waals surface area contributed by atoms with Crippen molar-refractivity contribution in [3.05, 3.63) is 35.4 Å². The van der Waals surface area contributed by atoms with Crippen molar-refractivity contribution in [2.24, 2.45) is 11.7 Å². The van der Waals surface area contributed by atoms with Crippen LogP contribution in [0.1, 0.15) is 63.2 Å². The molecular formula is C18H29NO. The van der Waals surface area contributed by atoms with Gasteiger partial charge in [0.05, 0.1) is 12.2 Å². The van der Waals surface area contributed by atoms with Crippen LogP contribution in [-0.2, 0) is 4.74 Å². The van der Waals surface area contributed by atoms with Gasteiger partial charge in [-0.15, -0.1) is 0 Å². The largest absolute Gasteiger partial charge is 0.369 e. The zero-order valence-electron chi connectivity index (χ0n) is 13.1. The SMILES string of the molecule is CCC1CCCC(OC(c2ccccc2C)C(C)N)C1. The Bertz CT molecular complexity index is 416. The van der Waals surface area contributed by atoms with Crippen molar-refractivity contribution in [1.29, 1.82) is 0 Å². The molecule has 2 nitrogen and oxygen atoms in total. The fraction of sp³-hybridized carbons (Fsp3) is 0.667. The third-order valence-corrected chi connectivity index (χ3v) is 4.62.